The maximum atomic E-state index is 12.0. The first-order chi connectivity index (χ1) is 14.5. The van der Waals surface area contributed by atoms with E-state index in [2.05, 4.69) is 41.0 Å². The van der Waals surface area contributed by atoms with Gasteiger partial charge in [-0.1, -0.05) is 37.8 Å². The molecular weight excluding hydrogens is 376 g/mol. The average molecular weight is 400 g/mol. The molecule has 0 aliphatic heterocycles. The SMILES string of the molecule is CC(C)CCNc1cc(C(=O)NO)cc(-c2ccc(C#Cc3cccnc3)cc2)n1. The van der Waals surface area contributed by atoms with Gasteiger partial charge in [-0.25, -0.2) is 10.5 Å². The first-order valence-corrected chi connectivity index (χ1v) is 9.78. The summed E-state index contributed by atoms with van der Waals surface area (Å²) in [5, 5.41) is 12.3. The lowest BCUT2D eigenvalue weighted by Crippen LogP contribution is -2.19. The van der Waals surface area contributed by atoms with Gasteiger partial charge in [0, 0.05) is 41.2 Å². The number of hydrogen-bond acceptors (Lipinski definition) is 5. The second-order valence-corrected chi connectivity index (χ2v) is 7.25. The molecule has 0 saturated carbocycles. The number of hydrogen-bond donors (Lipinski definition) is 3. The number of carbonyl (C=O) groups excluding carboxylic acids is 1. The van der Waals surface area contributed by atoms with Gasteiger partial charge in [0.25, 0.3) is 5.91 Å². The Morgan fingerprint density at radius 1 is 1.10 bits per heavy atom. The van der Waals surface area contributed by atoms with Gasteiger partial charge in [-0.15, -0.1) is 0 Å². The first kappa shape index (κ1) is 21.0. The first-order valence-electron chi connectivity index (χ1n) is 9.78. The molecule has 6 nitrogen and oxygen atoms in total. The fraction of sp³-hybridized carbons (Fsp3) is 0.208. The number of nitrogens with one attached hydrogen (secondary N) is 2. The largest absolute Gasteiger partial charge is 0.370 e. The van der Waals surface area contributed by atoms with Crippen LogP contribution in [-0.2, 0) is 0 Å². The Labute approximate surface area is 176 Å². The van der Waals surface area contributed by atoms with Crippen LogP contribution in [0, 0.1) is 17.8 Å². The highest BCUT2D eigenvalue weighted by molar-refractivity contribution is 5.95. The predicted octanol–water partition coefficient (Wildman–Crippen LogP) is 4.12. The number of amides is 1. The molecule has 3 rings (SSSR count). The number of benzene rings is 1. The molecule has 30 heavy (non-hydrogen) atoms. The van der Waals surface area contributed by atoms with Crippen LogP contribution in [0.3, 0.4) is 0 Å². The van der Waals surface area contributed by atoms with Gasteiger partial charge in [0.15, 0.2) is 0 Å². The van der Waals surface area contributed by atoms with E-state index >= 15 is 0 Å². The van der Waals surface area contributed by atoms with Crippen LogP contribution >= 0.6 is 0 Å². The van der Waals surface area contributed by atoms with Crippen LogP contribution in [0.15, 0.2) is 60.9 Å². The smallest absolute Gasteiger partial charge is 0.274 e. The molecule has 152 valence electrons. The normalized spacial score (nSPS) is 10.3. The molecule has 2 aromatic heterocycles. The van der Waals surface area contributed by atoms with Gasteiger partial charge in [-0.05, 0) is 48.7 Å². The molecule has 0 saturated heterocycles. The fourth-order valence-electron chi connectivity index (χ4n) is 2.76. The quantitative estimate of drug-likeness (QED) is 0.329. The van der Waals surface area contributed by atoms with Crippen molar-refractivity contribution in [1.29, 1.82) is 0 Å². The Bertz CT molecular complexity index is 1050. The maximum Gasteiger partial charge on any atom is 0.274 e. The summed E-state index contributed by atoms with van der Waals surface area (Å²) in [6.45, 7) is 5.04. The zero-order valence-electron chi connectivity index (χ0n) is 17.0. The third kappa shape index (κ3) is 5.90. The lowest BCUT2D eigenvalue weighted by molar-refractivity contribution is 0.0706. The Morgan fingerprint density at radius 3 is 2.53 bits per heavy atom. The summed E-state index contributed by atoms with van der Waals surface area (Å²) in [6.07, 6.45) is 4.42. The van der Waals surface area contributed by atoms with Gasteiger partial charge in [-0.3, -0.25) is 15.0 Å². The zero-order valence-corrected chi connectivity index (χ0v) is 17.0. The van der Waals surface area contributed by atoms with Crippen LogP contribution in [0.4, 0.5) is 5.82 Å². The van der Waals surface area contributed by atoms with E-state index in [0.717, 1.165) is 29.7 Å². The van der Waals surface area contributed by atoms with Gasteiger partial charge in [0.2, 0.25) is 0 Å². The Morgan fingerprint density at radius 2 is 1.87 bits per heavy atom. The van der Waals surface area contributed by atoms with Crippen molar-refractivity contribution in [3.05, 3.63) is 77.6 Å². The van der Waals surface area contributed by atoms with Crippen LogP contribution in [0.1, 0.15) is 41.8 Å². The lowest BCUT2D eigenvalue weighted by atomic mass is 10.1. The van der Waals surface area contributed by atoms with Crippen LogP contribution in [0.5, 0.6) is 0 Å². The van der Waals surface area contributed by atoms with Crippen molar-refractivity contribution >= 4 is 11.7 Å². The summed E-state index contributed by atoms with van der Waals surface area (Å²) in [5.41, 5.74) is 5.21. The molecule has 0 aliphatic rings. The van der Waals surface area contributed by atoms with E-state index in [1.807, 2.05) is 36.4 Å². The standard InChI is InChI=1S/C24H24N4O2/c1-17(2)11-13-26-23-15-21(24(29)28-30)14-22(27-23)20-9-7-18(8-10-20)5-6-19-4-3-12-25-16-19/h3-4,7-10,12,14-17,30H,11,13H2,1-2H3,(H,26,27)(H,28,29). The van der Waals surface area contributed by atoms with E-state index in [0.29, 0.717) is 23.0 Å². The molecule has 0 aliphatic carbocycles. The van der Waals surface area contributed by atoms with E-state index in [1.54, 1.807) is 30.0 Å². The van der Waals surface area contributed by atoms with Crippen LogP contribution in [0.25, 0.3) is 11.3 Å². The molecule has 1 aromatic carbocycles. The molecule has 0 bridgehead atoms. The van der Waals surface area contributed by atoms with Gasteiger partial charge in [0.1, 0.15) is 5.82 Å². The van der Waals surface area contributed by atoms with Crippen LogP contribution in [-0.4, -0.2) is 27.6 Å². The minimum atomic E-state index is -0.579. The van der Waals surface area contributed by atoms with Crippen LogP contribution in [0.2, 0.25) is 0 Å². The van der Waals surface area contributed by atoms with Crippen molar-refractivity contribution in [2.45, 2.75) is 20.3 Å². The lowest BCUT2D eigenvalue weighted by Gasteiger charge is -2.11. The van der Waals surface area contributed by atoms with Crippen molar-refractivity contribution in [3.63, 3.8) is 0 Å². The summed E-state index contributed by atoms with van der Waals surface area (Å²) in [4.78, 5) is 20.6. The number of nitrogens with zero attached hydrogens (tertiary/aromatic N) is 2. The summed E-state index contributed by atoms with van der Waals surface area (Å²) in [6, 6.07) is 14.7. The molecule has 0 radical (unpaired) electrons. The number of carbonyl (C=O) groups is 1. The number of pyridine rings is 2. The number of rotatable bonds is 6. The van der Waals surface area contributed by atoms with Crippen molar-refractivity contribution < 1.29 is 10.0 Å². The number of aromatic nitrogens is 2. The summed E-state index contributed by atoms with van der Waals surface area (Å²) in [5.74, 6) is 6.75. The minimum absolute atomic E-state index is 0.329. The molecule has 0 unspecified atom stereocenters. The number of anilines is 1. The second-order valence-electron chi connectivity index (χ2n) is 7.25. The van der Waals surface area contributed by atoms with Gasteiger partial charge in [-0.2, -0.15) is 0 Å². The summed E-state index contributed by atoms with van der Waals surface area (Å²) in [7, 11) is 0. The highest BCUT2D eigenvalue weighted by Gasteiger charge is 2.11. The Hall–Kier alpha value is -3.69. The molecular formula is C24H24N4O2. The summed E-state index contributed by atoms with van der Waals surface area (Å²) < 4.78 is 0. The highest BCUT2D eigenvalue weighted by atomic mass is 16.5. The number of hydroxylamine groups is 1. The predicted molar refractivity (Wildman–Crippen MR) is 117 cm³/mol. The fourth-order valence-corrected chi connectivity index (χ4v) is 2.76. The van der Waals surface area contributed by atoms with Crippen molar-refractivity contribution in [2.75, 3.05) is 11.9 Å². The molecule has 1 amide bonds. The van der Waals surface area contributed by atoms with E-state index < -0.39 is 5.91 Å². The van der Waals surface area contributed by atoms with Gasteiger partial charge < -0.3 is 5.32 Å². The van der Waals surface area contributed by atoms with Gasteiger partial charge in [0.05, 0.1) is 5.69 Å². The average Bonchev–Trinajstić information content (AvgIpc) is 2.77. The van der Waals surface area contributed by atoms with E-state index in [4.69, 9.17) is 5.21 Å². The molecule has 0 spiro atoms. The van der Waals surface area contributed by atoms with Crippen LogP contribution < -0.4 is 10.8 Å². The monoisotopic (exact) mass is 400 g/mol. The maximum absolute atomic E-state index is 12.0. The Balaban J connectivity index is 1.84. The third-order valence-corrected chi connectivity index (χ3v) is 4.41. The van der Waals surface area contributed by atoms with E-state index in [9.17, 15) is 4.79 Å². The molecule has 2 heterocycles. The van der Waals surface area contributed by atoms with E-state index in [1.165, 1.54) is 0 Å². The third-order valence-electron chi connectivity index (χ3n) is 4.41. The van der Waals surface area contributed by atoms with Crippen molar-refractivity contribution in [2.24, 2.45) is 5.92 Å². The Kier molecular flexibility index (Phi) is 7.14. The minimum Gasteiger partial charge on any atom is -0.370 e. The molecule has 0 atom stereocenters. The van der Waals surface area contributed by atoms with Crippen molar-refractivity contribution in [3.8, 4) is 23.1 Å². The van der Waals surface area contributed by atoms with Crippen molar-refractivity contribution in [1.82, 2.24) is 15.4 Å². The van der Waals surface area contributed by atoms with Gasteiger partial charge >= 0.3 is 0 Å². The highest BCUT2D eigenvalue weighted by Crippen LogP contribution is 2.22. The second kappa shape index (κ2) is 10.2. The zero-order chi connectivity index (χ0) is 21.3. The topological polar surface area (TPSA) is 87.1 Å². The summed E-state index contributed by atoms with van der Waals surface area (Å²) >= 11 is 0. The molecule has 3 N–H and O–H groups in total. The molecule has 6 heteroatoms. The molecule has 3 aromatic rings. The molecule has 0 fully saturated rings. The van der Waals surface area contributed by atoms with E-state index in [-0.39, 0.29) is 0 Å².